The number of halogens is 1. The number of hydrogen-bond acceptors (Lipinski definition) is 4. The van der Waals surface area contributed by atoms with E-state index in [1.807, 2.05) is 33.8 Å². The van der Waals surface area contributed by atoms with Crippen LogP contribution in [-0.4, -0.2) is 23.3 Å². The molecule has 1 aromatic rings. The van der Waals surface area contributed by atoms with Gasteiger partial charge >= 0.3 is 7.12 Å². The summed E-state index contributed by atoms with van der Waals surface area (Å²) in [6.07, 6.45) is 0. The van der Waals surface area contributed by atoms with E-state index in [1.165, 1.54) is 12.1 Å². The molecule has 94 valence electrons. The molecule has 6 heteroatoms. The smallest absolute Gasteiger partial charge is 0.399 e. The van der Waals surface area contributed by atoms with E-state index < -0.39 is 24.3 Å². The first-order valence-electron chi connectivity index (χ1n) is 5.68. The summed E-state index contributed by atoms with van der Waals surface area (Å²) >= 11 is 0. The summed E-state index contributed by atoms with van der Waals surface area (Å²) in [5.74, 6) is -0.709. The van der Waals surface area contributed by atoms with Crippen molar-refractivity contribution >= 4 is 12.6 Å². The maximum atomic E-state index is 13.3. The Labute approximate surface area is 106 Å². The third-order valence-electron chi connectivity index (χ3n) is 3.46. The fourth-order valence-corrected chi connectivity index (χ4v) is 1.69. The van der Waals surface area contributed by atoms with E-state index in [4.69, 9.17) is 14.6 Å². The van der Waals surface area contributed by atoms with Crippen LogP contribution in [0.25, 0.3) is 0 Å². The zero-order valence-electron chi connectivity index (χ0n) is 10.8. The first-order chi connectivity index (χ1) is 8.25. The lowest BCUT2D eigenvalue weighted by Crippen LogP contribution is -2.41. The molecule has 0 saturated carbocycles. The summed E-state index contributed by atoms with van der Waals surface area (Å²) in [7, 11) is -0.681. The van der Waals surface area contributed by atoms with Gasteiger partial charge in [0, 0.05) is 0 Å². The highest BCUT2D eigenvalue weighted by molar-refractivity contribution is 6.62. The van der Waals surface area contributed by atoms with E-state index in [1.54, 1.807) is 0 Å². The minimum Gasteiger partial charge on any atom is -0.399 e. The van der Waals surface area contributed by atoms with Gasteiger partial charge in [-0.15, -0.1) is 0 Å². The summed E-state index contributed by atoms with van der Waals surface area (Å²) in [4.78, 5) is 3.46. The highest BCUT2D eigenvalue weighted by Gasteiger charge is 2.51. The molecular formula is C12H14BFN2O2. The molecule has 0 unspecified atom stereocenters. The molecule has 1 saturated heterocycles. The lowest BCUT2D eigenvalue weighted by Gasteiger charge is -2.32. The van der Waals surface area contributed by atoms with Gasteiger partial charge in [0.15, 0.2) is 0 Å². The lowest BCUT2D eigenvalue weighted by atomic mass is 9.79. The standard InChI is InChI=1S/C12H14BFN2O2/c1-11(2)12(3,4)18-13(17-11)8-5-9(7-15)16-10(14)6-8/h5-6H,1-4H3. The van der Waals surface area contributed by atoms with Crippen molar-refractivity contribution in [1.82, 2.24) is 4.98 Å². The quantitative estimate of drug-likeness (QED) is 0.556. The van der Waals surface area contributed by atoms with Crippen LogP contribution in [0, 0.1) is 17.3 Å². The summed E-state index contributed by atoms with van der Waals surface area (Å²) < 4.78 is 24.8. The third-order valence-corrected chi connectivity index (χ3v) is 3.46. The van der Waals surface area contributed by atoms with Gasteiger partial charge in [-0.1, -0.05) is 0 Å². The molecule has 4 nitrogen and oxygen atoms in total. The van der Waals surface area contributed by atoms with Gasteiger partial charge in [-0.2, -0.15) is 9.65 Å². The number of nitrogens with zero attached hydrogens (tertiary/aromatic N) is 2. The van der Waals surface area contributed by atoms with Gasteiger partial charge in [-0.3, -0.25) is 0 Å². The summed E-state index contributed by atoms with van der Waals surface area (Å²) in [6, 6.07) is 4.51. The fraction of sp³-hybridized carbons (Fsp3) is 0.500. The van der Waals surface area contributed by atoms with Crippen LogP contribution in [0.2, 0.25) is 0 Å². The molecule has 2 heterocycles. The molecule has 1 aliphatic rings. The molecule has 1 aliphatic heterocycles. The van der Waals surface area contributed by atoms with Crippen LogP contribution in [-0.2, 0) is 9.31 Å². The van der Waals surface area contributed by atoms with Crippen LogP contribution < -0.4 is 5.46 Å². The average Bonchev–Trinajstić information content (AvgIpc) is 2.47. The molecule has 0 radical (unpaired) electrons. The van der Waals surface area contributed by atoms with Crippen molar-refractivity contribution in [3.05, 3.63) is 23.8 Å². The molecule has 0 amide bonds. The fourth-order valence-electron chi connectivity index (χ4n) is 1.69. The van der Waals surface area contributed by atoms with Gasteiger partial charge in [-0.25, -0.2) is 4.98 Å². The topological polar surface area (TPSA) is 55.1 Å². The molecule has 0 N–H and O–H groups in total. The molecular weight excluding hydrogens is 234 g/mol. The van der Waals surface area contributed by atoms with Crippen molar-refractivity contribution in [1.29, 1.82) is 5.26 Å². The molecule has 0 bridgehead atoms. The Morgan fingerprint density at radius 2 is 1.78 bits per heavy atom. The van der Waals surface area contributed by atoms with Crippen molar-refractivity contribution in [2.24, 2.45) is 0 Å². The number of nitriles is 1. The normalized spacial score (nSPS) is 20.8. The van der Waals surface area contributed by atoms with E-state index in [2.05, 4.69) is 4.98 Å². The van der Waals surface area contributed by atoms with E-state index in [0.29, 0.717) is 5.46 Å². The van der Waals surface area contributed by atoms with Crippen molar-refractivity contribution in [3.8, 4) is 6.07 Å². The number of hydrogen-bond donors (Lipinski definition) is 0. The zero-order chi connectivity index (χ0) is 13.6. The van der Waals surface area contributed by atoms with Gasteiger partial charge < -0.3 is 9.31 Å². The largest absolute Gasteiger partial charge is 0.495 e. The first kappa shape index (κ1) is 13.0. The second-order valence-corrected chi connectivity index (χ2v) is 5.31. The highest BCUT2D eigenvalue weighted by atomic mass is 19.1. The summed E-state index contributed by atoms with van der Waals surface area (Å²) in [5.41, 5.74) is -0.508. The Morgan fingerprint density at radius 1 is 1.22 bits per heavy atom. The summed E-state index contributed by atoms with van der Waals surface area (Å²) in [5, 5.41) is 8.77. The van der Waals surface area contributed by atoms with Gasteiger partial charge in [0.05, 0.1) is 11.2 Å². The molecule has 1 aromatic heterocycles. The van der Waals surface area contributed by atoms with Crippen LogP contribution in [0.5, 0.6) is 0 Å². The van der Waals surface area contributed by atoms with Crippen LogP contribution in [0.4, 0.5) is 4.39 Å². The third kappa shape index (κ3) is 2.12. The minimum absolute atomic E-state index is 0.0136. The Bertz CT molecular complexity index is 509. The predicted octanol–water partition coefficient (Wildman–Crippen LogP) is 1.39. The molecule has 0 spiro atoms. The average molecular weight is 248 g/mol. The second-order valence-electron chi connectivity index (χ2n) is 5.31. The Balaban J connectivity index is 2.36. The van der Waals surface area contributed by atoms with Crippen molar-refractivity contribution < 1.29 is 13.7 Å². The van der Waals surface area contributed by atoms with Crippen molar-refractivity contribution in [2.45, 2.75) is 38.9 Å². The van der Waals surface area contributed by atoms with Gasteiger partial charge in [0.25, 0.3) is 0 Å². The van der Waals surface area contributed by atoms with Gasteiger partial charge in [0.1, 0.15) is 11.8 Å². The van der Waals surface area contributed by atoms with Crippen molar-refractivity contribution in [3.63, 3.8) is 0 Å². The predicted molar refractivity (Wildman–Crippen MR) is 64.6 cm³/mol. The number of rotatable bonds is 1. The summed E-state index contributed by atoms with van der Waals surface area (Å²) in [6.45, 7) is 7.65. The van der Waals surface area contributed by atoms with Gasteiger partial charge in [-0.05, 0) is 45.3 Å². The highest BCUT2D eigenvalue weighted by Crippen LogP contribution is 2.36. The van der Waals surface area contributed by atoms with Crippen LogP contribution in [0.15, 0.2) is 12.1 Å². The van der Waals surface area contributed by atoms with E-state index >= 15 is 0 Å². The molecule has 2 rings (SSSR count). The molecule has 18 heavy (non-hydrogen) atoms. The zero-order valence-corrected chi connectivity index (χ0v) is 10.8. The molecule has 0 aromatic carbocycles. The van der Waals surface area contributed by atoms with E-state index in [9.17, 15) is 4.39 Å². The van der Waals surface area contributed by atoms with Crippen LogP contribution in [0.1, 0.15) is 33.4 Å². The second kappa shape index (κ2) is 4.04. The van der Waals surface area contributed by atoms with Gasteiger partial charge in [0.2, 0.25) is 5.95 Å². The molecule has 0 aliphatic carbocycles. The number of pyridine rings is 1. The number of aromatic nitrogens is 1. The van der Waals surface area contributed by atoms with Crippen LogP contribution >= 0.6 is 0 Å². The monoisotopic (exact) mass is 248 g/mol. The van der Waals surface area contributed by atoms with Crippen LogP contribution in [0.3, 0.4) is 0 Å². The Morgan fingerprint density at radius 3 is 2.28 bits per heavy atom. The molecule has 0 atom stereocenters. The molecule has 1 fully saturated rings. The SMILES string of the molecule is CC1(C)OB(c2cc(F)nc(C#N)c2)OC1(C)C. The first-order valence-corrected chi connectivity index (χ1v) is 5.68. The Kier molecular flexibility index (Phi) is 2.92. The maximum absolute atomic E-state index is 13.3. The minimum atomic E-state index is -0.709. The van der Waals surface area contributed by atoms with Crippen molar-refractivity contribution in [2.75, 3.05) is 0 Å². The Hall–Kier alpha value is -1.45. The maximum Gasteiger partial charge on any atom is 0.495 e. The van der Waals surface area contributed by atoms with E-state index in [-0.39, 0.29) is 5.69 Å². The van der Waals surface area contributed by atoms with E-state index in [0.717, 1.165) is 0 Å². The lowest BCUT2D eigenvalue weighted by molar-refractivity contribution is 0.00578.